The number of carbonyl (C=O) groups is 1. The van der Waals surface area contributed by atoms with Gasteiger partial charge >= 0.3 is 0 Å². The molecule has 0 aliphatic heterocycles. The van der Waals surface area contributed by atoms with Gasteiger partial charge in [0.15, 0.2) is 5.78 Å². The number of hydrogen-bond acceptors (Lipinski definition) is 3. The smallest absolute Gasteiger partial charge is 0.194 e. The summed E-state index contributed by atoms with van der Waals surface area (Å²) in [6.45, 7) is 12.3. The maximum Gasteiger partial charge on any atom is 0.194 e. The first kappa shape index (κ1) is 24.8. The number of ketones is 1. The summed E-state index contributed by atoms with van der Waals surface area (Å²) in [6.07, 6.45) is 0. The number of benzene rings is 4. The third-order valence-corrected chi connectivity index (χ3v) is 7.18. The lowest BCUT2D eigenvalue weighted by molar-refractivity contribution is 0.103. The van der Waals surface area contributed by atoms with Crippen molar-refractivity contribution in [2.75, 3.05) is 0 Å². The molecule has 0 amide bonds. The number of rotatable bonds is 5. The van der Waals surface area contributed by atoms with Crippen LogP contribution in [0.15, 0.2) is 71.6 Å². The van der Waals surface area contributed by atoms with E-state index in [1.165, 1.54) is 16.7 Å². The molecule has 0 spiro atoms. The summed E-state index contributed by atoms with van der Waals surface area (Å²) in [5.74, 6) is -0.308. The van der Waals surface area contributed by atoms with Crippen LogP contribution in [0.4, 0.5) is 0 Å². The molecule has 178 valence electrons. The molecule has 1 atom stereocenters. The van der Waals surface area contributed by atoms with Crippen molar-refractivity contribution >= 4 is 16.9 Å². The standard InChI is InChI=1S/C31H30O3S/c1-18-13-20(3)29(21(4)14-18)24-7-9-25(10-8-24)31(32)27-12-11-26(17-28(27)35(33)34)30-22(5)15-19(2)16-23(30)6/h7-17H,1-6H3,(H,33,34)/p-1. The Balaban J connectivity index is 1.73. The topological polar surface area (TPSA) is 57.2 Å². The van der Waals surface area contributed by atoms with E-state index >= 15 is 0 Å². The summed E-state index contributed by atoms with van der Waals surface area (Å²) in [6, 6.07) is 20.9. The molecular weight excluding hydrogens is 452 g/mol. The second-order valence-electron chi connectivity index (χ2n) is 9.40. The predicted octanol–water partition coefficient (Wildman–Crippen LogP) is 7.34. The monoisotopic (exact) mass is 481 g/mol. The van der Waals surface area contributed by atoms with Crippen LogP contribution in [-0.2, 0) is 11.1 Å². The minimum Gasteiger partial charge on any atom is -0.768 e. The number of hydrogen-bond donors (Lipinski definition) is 0. The molecule has 0 aromatic heterocycles. The van der Waals surface area contributed by atoms with Crippen LogP contribution in [0.1, 0.15) is 49.3 Å². The van der Waals surface area contributed by atoms with Crippen molar-refractivity contribution in [2.24, 2.45) is 0 Å². The molecule has 0 heterocycles. The Labute approximate surface area is 210 Å². The van der Waals surface area contributed by atoms with Gasteiger partial charge in [-0.15, -0.1) is 0 Å². The molecular formula is C31H29O3S-. The molecule has 0 N–H and O–H groups in total. The zero-order valence-corrected chi connectivity index (χ0v) is 21.8. The van der Waals surface area contributed by atoms with E-state index in [1.807, 2.05) is 39.0 Å². The Kier molecular flexibility index (Phi) is 6.88. The fourth-order valence-corrected chi connectivity index (χ4v) is 5.78. The van der Waals surface area contributed by atoms with Crippen molar-refractivity contribution in [1.29, 1.82) is 0 Å². The van der Waals surface area contributed by atoms with Gasteiger partial charge < -0.3 is 4.55 Å². The zero-order chi connectivity index (χ0) is 25.4. The van der Waals surface area contributed by atoms with Crippen LogP contribution in [0, 0.1) is 41.5 Å². The van der Waals surface area contributed by atoms with Gasteiger partial charge in [-0.1, -0.05) is 65.7 Å². The molecule has 3 nitrogen and oxygen atoms in total. The number of carbonyl (C=O) groups excluding carboxylic acids is 1. The van der Waals surface area contributed by atoms with E-state index in [0.29, 0.717) is 5.56 Å². The van der Waals surface area contributed by atoms with Gasteiger partial charge in [-0.25, -0.2) is 0 Å². The Hall–Kier alpha value is -3.34. The van der Waals surface area contributed by atoms with Crippen LogP contribution >= 0.6 is 0 Å². The molecule has 0 bridgehead atoms. The highest BCUT2D eigenvalue weighted by atomic mass is 32.2. The molecule has 4 heteroatoms. The average molecular weight is 482 g/mol. The molecule has 35 heavy (non-hydrogen) atoms. The molecule has 0 aliphatic rings. The van der Waals surface area contributed by atoms with Crippen LogP contribution in [0.25, 0.3) is 22.3 Å². The second kappa shape index (κ2) is 9.73. The van der Waals surface area contributed by atoms with Gasteiger partial charge in [0.05, 0.1) is 0 Å². The molecule has 0 aliphatic carbocycles. The van der Waals surface area contributed by atoms with Gasteiger partial charge in [-0.3, -0.25) is 9.00 Å². The first-order valence-electron chi connectivity index (χ1n) is 11.6. The Bertz CT molecular complexity index is 1430. The van der Waals surface area contributed by atoms with E-state index in [0.717, 1.165) is 38.9 Å². The van der Waals surface area contributed by atoms with Crippen LogP contribution < -0.4 is 0 Å². The Morgan fingerprint density at radius 3 is 1.51 bits per heavy atom. The van der Waals surface area contributed by atoms with E-state index in [-0.39, 0.29) is 16.2 Å². The third-order valence-electron chi connectivity index (χ3n) is 6.48. The largest absolute Gasteiger partial charge is 0.768 e. The molecule has 0 saturated carbocycles. The van der Waals surface area contributed by atoms with E-state index in [9.17, 15) is 13.6 Å². The van der Waals surface area contributed by atoms with Gasteiger partial charge in [-0.2, -0.15) is 0 Å². The van der Waals surface area contributed by atoms with Crippen LogP contribution in [-0.4, -0.2) is 14.5 Å². The van der Waals surface area contributed by atoms with Crippen molar-refractivity contribution < 1.29 is 13.6 Å². The van der Waals surface area contributed by atoms with Crippen LogP contribution in [0.3, 0.4) is 0 Å². The summed E-state index contributed by atoms with van der Waals surface area (Å²) in [4.78, 5) is 13.4. The number of aryl methyl sites for hydroxylation is 6. The zero-order valence-electron chi connectivity index (χ0n) is 21.0. The fraction of sp³-hybridized carbons (Fsp3) is 0.194. The lowest BCUT2D eigenvalue weighted by Gasteiger charge is -2.17. The highest BCUT2D eigenvalue weighted by Crippen LogP contribution is 2.32. The highest BCUT2D eigenvalue weighted by molar-refractivity contribution is 7.79. The van der Waals surface area contributed by atoms with E-state index in [1.54, 1.807) is 24.3 Å². The first-order valence-corrected chi connectivity index (χ1v) is 12.7. The summed E-state index contributed by atoms with van der Waals surface area (Å²) >= 11 is -2.55. The molecule has 1 unspecified atom stereocenters. The molecule has 4 aromatic rings. The second-order valence-corrected chi connectivity index (χ2v) is 10.3. The highest BCUT2D eigenvalue weighted by Gasteiger charge is 2.17. The summed E-state index contributed by atoms with van der Waals surface area (Å²) in [5, 5.41) is 0. The van der Waals surface area contributed by atoms with Gasteiger partial charge in [0.1, 0.15) is 0 Å². The lowest BCUT2D eigenvalue weighted by atomic mass is 9.91. The van der Waals surface area contributed by atoms with Crippen molar-refractivity contribution in [3.05, 3.63) is 111 Å². The first-order chi connectivity index (χ1) is 16.6. The van der Waals surface area contributed by atoms with Crippen LogP contribution in [0.2, 0.25) is 0 Å². The quantitative estimate of drug-likeness (QED) is 0.221. The minimum atomic E-state index is -2.55. The molecule has 0 radical (unpaired) electrons. The minimum absolute atomic E-state index is 0.0150. The Morgan fingerprint density at radius 2 is 1.06 bits per heavy atom. The van der Waals surface area contributed by atoms with Crippen LogP contribution in [0.5, 0.6) is 0 Å². The summed E-state index contributed by atoms with van der Waals surface area (Å²) < 4.78 is 24.3. The fourth-order valence-electron chi connectivity index (χ4n) is 5.22. The summed E-state index contributed by atoms with van der Waals surface area (Å²) in [5.41, 5.74) is 11.5. The van der Waals surface area contributed by atoms with Crippen molar-refractivity contribution in [3.63, 3.8) is 0 Å². The van der Waals surface area contributed by atoms with E-state index < -0.39 is 11.1 Å². The maximum atomic E-state index is 13.4. The Morgan fingerprint density at radius 1 is 0.629 bits per heavy atom. The van der Waals surface area contributed by atoms with Gasteiger partial charge in [-0.05, 0) is 109 Å². The maximum absolute atomic E-state index is 13.4. The van der Waals surface area contributed by atoms with Crippen molar-refractivity contribution in [2.45, 2.75) is 46.4 Å². The third kappa shape index (κ3) is 4.90. The van der Waals surface area contributed by atoms with Gasteiger partial charge in [0.25, 0.3) is 0 Å². The van der Waals surface area contributed by atoms with Crippen molar-refractivity contribution in [3.8, 4) is 22.3 Å². The molecule has 0 fully saturated rings. The normalized spacial score (nSPS) is 12.0. The SMILES string of the molecule is Cc1cc(C)c(-c2ccc(C(=O)c3ccc(-c4c(C)cc(C)cc4C)cc3S(=O)[O-])cc2)c(C)c1. The van der Waals surface area contributed by atoms with Crippen molar-refractivity contribution in [1.82, 2.24) is 0 Å². The molecule has 0 saturated heterocycles. The summed E-state index contributed by atoms with van der Waals surface area (Å²) in [7, 11) is 0. The van der Waals surface area contributed by atoms with E-state index in [2.05, 4.69) is 45.0 Å². The lowest BCUT2D eigenvalue weighted by Crippen LogP contribution is -2.07. The molecule has 4 aromatic carbocycles. The van der Waals surface area contributed by atoms with Gasteiger partial charge in [0.2, 0.25) is 0 Å². The van der Waals surface area contributed by atoms with E-state index in [4.69, 9.17) is 0 Å². The average Bonchev–Trinajstić information content (AvgIpc) is 2.77. The van der Waals surface area contributed by atoms with Gasteiger partial charge in [0, 0.05) is 16.0 Å². The molecule has 4 rings (SSSR count). The predicted molar refractivity (Wildman–Crippen MR) is 143 cm³/mol.